The van der Waals surface area contributed by atoms with E-state index in [9.17, 15) is 9.90 Å². The molecule has 5 heteroatoms. The highest BCUT2D eigenvalue weighted by molar-refractivity contribution is 6.30. The number of phenolic OH excluding ortho intramolecular Hbond substituents is 2. The third-order valence-electron chi connectivity index (χ3n) is 2.11. The molecule has 0 aromatic heterocycles. The van der Waals surface area contributed by atoms with Crippen molar-refractivity contribution in [2.75, 3.05) is 6.54 Å². The van der Waals surface area contributed by atoms with E-state index >= 15 is 0 Å². The van der Waals surface area contributed by atoms with Gasteiger partial charge in [-0.05, 0) is 31.0 Å². The van der Waals surface area contributed by atoms with Crippen molar-refractivity contribution in [3.63, 3.8) is 0 Å². The molecule has 0 heterocycles. The number of carbonyl (C=O) groups excluding carboxylic acids is 1. The first-order valence-electron chi connectivity index (χ1n) is 4.93. The zero-order valence-electron chi connectivity index (χ0n) is 8.90. The molecule has 0 fully saturated rings. The maximum atomic E-state index is 11.1. The van der Waals surface area contributed by atoms with E-state index in [1.807, 2.05) is 0 Å². The normalized spacial score (nSPS) is 12.1. The van der Waals surface area contributed by atoms with Crippen LogP contribution < -0.4 is 5.32 Å². The first-order chi connectivity index (χ1) is 7.50. The van der Waals surface area contributed by atoms with Crippen molar-refractivity contribution < 1.29 is 15.0 Å². The molecule has 4 nitrogen and oxygen atoms in total. The molecule has 1 aromatic carbocycles. The van der Waals surface area contributed by atoms with Crippen LogP contribution in [0.4, 0.5) is 0 Å². The van der Waals surface area contributed by atoms with E-state index in [0.717, 1.165) is 5.56 Å². The van der Waals surface area contributed by atoms with Gasteiger partial charge in [0.15, 0.2) is 11.5 Å². The van der Waals surface area contributed by atoms with Crippen LogP contribution >= 0.6 is 11.6 Å². The van der Waals surface area contributed by atoms with Crippen molar-refractivity contribution in [1.29, 1.82) is 0 Å². The highest BCUT2D eigenvalue weighted by Gasteiger charge is 2.07. The standard InChI is InChI=1S/C11H14ClNO3/c1-7(12)11(16)13-5-4-8-2-3-9(14)10(15)6-8/h2-3,6-7,14-15H,4-5H2,1H3,(H,13,16). The van der Waals surface area contributed by atoms with Gasteiger partial charge in [0.25, 0.3) is 0 Å². The van der Waals surface area contributed by atoms with Crippen molar-refractivity contribution in [3.05, 3.63) is 23.8 Å². The topological polar surface area (TPSA) is 69.6 Å². The van der Waals surface area contributed by atoms with Gasteiger partial charge in [-0.1, -0.05) is 6.07 Å². The van der Waals surface area contributed by atoms with Crippen LogP contribution in [0.3, 0.4) is 0 Å². The molecular formula is C11H14ClNO3. The highest BCUT2D eigenvalue weighted by Crippen LogP contribution is 2.24. The molecule has 0 aliphatic carbocycles. The Morgan fingerprint density at radius 1 is 1.44 bits per heavy atom. The molecule has 0 spiro atoms. The van der Waals surface area contributed by atoms with Gasteiger partial charge in [-0.15, -0.1) is 11.6 Å². The maximum Gasteiger partial charge on any atom is 0.237 e. The predicted octanol–water partition coefficient (Wildman–Crippen LogP) is 1.38. The molecule has 0 saturated carbocycles. The minimum Gasteiger partial charge on any atom is -0.504 e. The van der Waals surface area contributed by atoms with Crippen LogP contribution in [0.1, 0.15) is 12.5 Å². The van der Waals surface area contributed by atoms with E-state index in [1.54, 1.807) is 13.0 Å². The van der Waals surface area contributed by atoms with Crippen LogP contribution in [0.2, 0.25) is 0 Å². The van der Waals surface area contributed by atoms with Crippen LogP contribution in [0.15, 0.2) is 18.2 Å². The van der Waals surface area contributed by atoms with Crippen molar-refractivity contribution in [2.45, 2.75) is 18.7 Å². The minimum atomic E-state index is -0.548. The van der Waals surface area contributed by atoms with E-state index in [-0.39, 0.29) is 17.4 Å². The predicted molar refractivity (Wildman–Crippen MR) is 61.8 cm³/mol. The van der Waals surface area contributed by atoms with Crippen molar-refractivity contribution in [1.82, 2.24) is 5.32 Å². The molecule has 1 atom stereocenters. The third-order valence-corrected chi connectivity index (χ3v) is 2.31. The van der Waals surface area contributed by atoms with Gasteiger partial charge in [0.1, 0.15) is 5.38 Å². The lowest BCUT2D eigenvalue weighted by Gasteiger charge is -2.07. The summed E-state index contributed by atoms with van der Waals surface area (Å²) in [5, 5.41) is 20.4. The number of phenols is 2. The van der Waals surface area contributed by atoms with Crippen molar-refractivity contribution >= 4 is 17.5 Å². The van der Waals surface area contributed by atoms with E-state index < -0.39 is 5.38 Å². The minimum absolute atomic E-state index is 0.151. The van der Waals surface area contributed by atoms with Crippen LogP contribution in [-0.4, -0.2) is 28.0 Å². The molecule has 1 aromatic rings. The summed E-state index contributed by atoms with van der Waals surface area (Å²) in [7, 11) is 0. The number of alkyl halides is 1. The summed E-state index contributed by atoms with van der Waals surface area (Å²) < 4.78 is 0. The zero-order valence-corrected chi connectivity index (χ0v) is 9.66. The molecule has 0 saturated heterocycles. The Hall–Kier alpha value is -1.42. The van der Waals surface area contributed by atoms with Gasteiger partial charge in [0.2, 0.25) is 5.91 Å². The molecule has 16 heavy (non-hydrogen) atoms. The first-order valence-corrected chi connectivity index (χ1v) is 5.37. The number of hydrogen-bond donors (Lipinski definition) is 3. The average molecular weight is 244 g/mol. The number of halogens is 1. The van der Waals surface area contributed by atoms with E-state index in [2.05, 4.69) is 5.32 Å². The van der Waals surface area contributed by atoms with Gasteiger partial charge in [0.05, 0.1) is 0 Å². The second kappa shape index (κ2) is 5.61. The number of rotatable bonds is 4. The van der Waals surface area contributed by atoms with Crippen molar-refractivity contribution in [3.8, 4) is 11.5 Å². The van der Waals surface area contributed by atoms with Gasteiger partial charge in [-0.25, -0.2) is 0 Å². The van der Waals surface area contributed by atoms with Gasteiger partial charge in [-0.2, -0.15) is 0 Å². The zero-order chi connectivity index (χ0) is 12.1. The summed E-state index contributed by atoms with van der Waals surface area (Å²) in [5.41, 5.74) is 0.831. The lowest BCUT2D eigenvalue weighted by molar-refractivity contribution is -0.120. The molecule has 1 amide bonds. The Morgan fingerprint density at radius 2 is 2.12 bits per heavy atom. The summed E-state index contributed by atoms with van der Waals surface area (Å²) >= 11 is 5.57. The summed E-state index contributed by atoms with van der Waals surface area (Å²) in [6, 6.07) is 4.56. The lowest BCUT2D eigenvalue weighted by Crippen LogP contribution is -2.31. The Labute approximate surface area is 98.9 Å². The lowest BCUT2D eigenvalue weighted by atomic mass is 10.1. The number of amides is 1. The number of benzene rings is 1. The monoisotopic (exact) mass is 243 g/mol. The Morgan fingerprint density at radius 3 is 2.69 bits per heavy atom. The van der Waals surface area contributed by atoms with E-state index in [0.29, 0.717) is 13.0 Å². The second-order valence-corrected chi connectivity index (χ2v) is 4.13. The number of nitrogens with one attached hydrogen (secondary N) is 1. The fraction of sp³-hybridized carbons (Fsp3) is 0.364. The van der Waals surface area contributed by atoms with Crippen molar-refractivity contribution in [2.24, 2.45) is 0 Å². The van der Waals surface area contributed by atoms with Gasteiger partial charge >= 0.3 is 0 Å². The average Bonchev–Trinajstić information content (AvgIpc) is 2.23. The van der Waals surface area contributed by atoms with E-state index in [4.69, 9.17) is 16.7 Å². The molecule has 0 aliphatic heterocycles. The molecule has 88 valence electrons. The molecule has 3 N–H and O–H groups in total. The third kappa shape index (κ3) is 3.62. The second-order valence-electron chi connectivity index (χ2n) is 3.48. The molecule has 0 aliphatic rings. The molecule has 0 radical (unpaired) electrons. The summed E-state index contributed by atoms with van der Waals surface area (Å²) in [6.45, 7) is 2.05. The Kier molecular flexibility index (Phi) is 4.43. The van der Waals surface area contributed by atoms with Gasteiger partial charge in [-0.3, -0.25) is 4.79 Å². The van der Waals surface area contributed by atoms with Gasteiger partial charge < -0.3 is 15.5 Å². The quantitative estimate of drug-likeness (QED) is 0.553. The molecule has 0 bridgehead atoms. The Bertz CT molecular complexity index is 379. The van der Waals surface area contributed by atoms with Crippen LogP contribution in [0.5, 0.6) is 11.5 Å². The van der Waals surface area contributed by atoms with E-state index in [1.165, 1.54) is 12.1 Å². The fourth-order valence-electron chi connectivity index (χ4n) is 1.20. The smallest absolute Gasteiger partial charge is 0.237 e. The summed E-state index contributed by atoms with van der Waals surface area (Å²) in [4.78, 5) is 11.1. The highest BCUT2D eigenvalue weighted by atomic mass is 35.5. The molecule has 1 unspecified atom stereocenters. The SMILES string of the molecule is CC(Cl)C(=O)NCCc1ccc(O)c(O)c1. The summed E-state index contributed by atoms with van der Waals surface area (Å²) in [5.74, 6) is -0.527. The van der Waals surface area contributed by atoms with Crippen LogP contribution in [-0.2, 0) is 11.2 Å². The summed E-state index contributed by atoms with van der Waals surface area (Å²) in [6.07, 6.45) is 0.573. The molecule has 1 rings (SSSR count). The largest absolute Gasteiger partial charge is 0.504 e. The first kappa shape index (κ1) is 12.6. The molecular weight excluding hydrogens is 230 g/mol. The van der Waals surface area contributed by atoms with Gasteiger partial charge in [0, 0.05) is 6.54 Å². The van der Waals surface area contributed by atoms with Crippen LogP contribution in [0.25, 0.3) is 0 Å². The number of hydrogen-bond acceptors (Lipinski definition) is 3. The number of carbonyl (C=O) groups is 1. The Balaban J connectivity index is 2.43. The number of aromatic hydroxyl groups is 2. The van der Waals surface area contributed by atoms with Crippen LogP contribution in [0, 0.1) is 0 Å². The maximum absolute atomic E-state index is 11.1. The fourth-order valence-corrected chi connectivity index (χ4v) is 1.27.